The fourth-order valence-electron chi connectivity index (χ4n) is 2.12. The lowest BCUT2D eigenvalue weighted by Crippen LogP contribution is -1.86. The molecule has 0 nitrogen and oxygen atoms in total. The summed E-state index contributed by atoms with van der Waals surface area (Å²) in [5.41, 5.74) is 4.58. The van der Waals surface area contributed by atoms with Gasteiger partial charge in [0, 0.05) is 0 Å². The van der Waals surface area contributed by atoms with Gasteiger partial charge in [-0.05, 0) is 34.4 Å². The van der Waals surface area contributed by atoms with Crippen LogP contribution in [0.5, 0.6) is 0 Å². The van der Waals surface area contributed by atoms with Gasteiger partial charge in [0.1, 0.15) is 5.82 Å². The summed E-state index contributed by atoms with van der Waals surface area (Å²) in [5.74, 6) is -0.175. The molecule has 0 fully saturated rings. The summed E-state index contributed by atoms with van der Waals surface area (Å²) in [4.78, 5) is 0.124. The molecule has 0 aromatic heterocycles. The van der Waals surface area contributed by atoms with E-state index < -0.39 is 0 Å². The molecule has 0 heterocycles. The van der Waals surface area contributed by atoms with E-state index >= 15 is 0 Å². The van der Waals surface area contributed by atoms with Crippen LogP contribution in [0.4, 0.5) is 4.39 Å². The van der Waals surface area contributed by atoms with Crippen LogP contribution in [-0.2, 0) is 0 Å². The van der Waals surface area contributed by atoms with E-state index in [1.807, 2.05) is 18.2 Å². The molecule has 1 atom stereocenters. The molecule has 2 heteroatoms. The maximum absolute atomic E-state index is 13.1. The van der Waals surface area contributed by atoms with E-state index in [1.165, 1.54) is 17.2 Å². The van der Waals surface area contributed by atoms with Crippen LogP contribution in [-0.4, -0.2) is 0 Å². The van der Waals surface area contributed by atoms with E-state index in [2.05, 4.69) is 28.1 Å². The van der Waals surface area contributed by atoms with Crippen molar-refractivity contribution in [1.82, 2.24) is 0 Å². The third kappa shape index (κ3) is 1.25. The monoisotopic (exact) mass is 262 g/mol. The number of alkyl halides is 1. The molecule has 1 aliphatic carbocycles. The molecule has 0 radical (unpaired) electrons. The second-order valence-corrected chi connectivity index (χ2v) is 4.60. The van der Waals surface area contributed by atoms with Gasteiger partial charge in [0.25, 0.3) is 0 Å². The fraction of sp³-hybridized carbons (Fsp3) is 0.0769. The maximum Gasteiger partial charge on any atom is 0.123 e. The van der Waals surface area contributed by atoms with Gasteiger partial charge in [0.2, 0.25) is 0 Å². The van der Waals surface area contributed by atoms with Crippen LogP contribution in [0, 0.1) is 5.82 Å². The molecule has 0 aliphatic heterocycles. The van der Waals surface area contributed by atoms with Crippen LogP contribution in [0.1, 0.15) is 16.0 Å². The van der Waals surface area contributed by atoms with Crippen molar-refractivity contribution in [2.45, 2.75) is 4.83 Å². The first kappa shape index (κ1) is 9.10. The van der Waals surface area contributed by atoms with Crippen molar-refractivity contribution in [3.63, 3.8) is 0 Å². The average molecular weight is 263 g/mol. The van der Waals surface area contributed by atoms with Crippen LogP contribution in [0.25, 0.3) is 11.1 Å². The van der Waals surface area contributed by atoms with Crippen molar-refractivity contribution in [3.8, 4) is 11.1 Å². The highest BCUT2D eigenvalue weighted by atomic mass is 79.9. The number of rotatable bonds is 0. The normalized spacial score (nSPS) is 17.3. The molecule has 0 saturated carbocycles. The SMILES string of the molecule is Fc1ccc2c(c1)[C@@H](Br)c1ccccc1-2. The second-order valence-electron chi connectivity index (χ2n) is 3.68. The highest BCUT2D eigenvalue weighted by Gasteiger charge is 2.26. The van der Waals surface area contributed by atoms with Crippen LogP contribution in [0.3, 0.4) is 0 Å². The Balaban J connectivity index is 2.32. The minimum absolute atomic E-state index is 0.124. The van der Waals surface area contributed by atoms with E-state index in [1.54, 1.807) is 6.07 Å². The molecule has 15 heavy (non-hydrogen) atoms. The molecule has 0 amide bonds. The fourth-order valence-corrected chi connectivity index (χ4v) is 2.90. The summed E-state index contributed by atoms with van der Waals surface area (Å²) >= 11 is 3.60. The molecule has 3 rings (SSSR count). The predicted octanol–water partition coefficient (Wildman–Crippen LogP) is 4.29. The first-order chi connectivity index (χ1) is 7.27. The number of hydrogen-bond acceptors (Lipinski definition) is 0. The Labute approximate surface area is 95.9 Å². The Morgan fingerprint density at radius 1 is 0.933 bits per heavy atom. The smallest absolute Gasteiger partial charge is 0.123 e. The molecular weight excluding hydrogens is 255 g/mol. The Morgan fingerprint density at radius 3 is 2.53 bits per heavy atom. The lowest BCUT2D eigenvalue weighted by atomic mass is 10.1. The minimum atomic E-state index is -0.175. The van der Waals surface area contributed by atoms with Crippen molar-refractivity contribution in [1.29, 1.82) is 0 Å². The summed E-state index contributed by atoms with van der Waals surface area (Å²) in [7, 11) is 0. The van der Waals surface area contributed by atoms with Crippen LogP contribution in [0.2, 0.25) is 0 Å². The highest BCUT2D eigenvalue weighted by Crippen LogP contribution is 2.47. The standard InChI is InChI=1S/C13H8BrF/c14-13-11-4-2-1-3-9(11)10-6-5-8(15)7-12(10)13/h1-7,13H/t13-/m0/s1. The first-order valence-electron chi connectivity index (χ1n) is 4.80. The second kappa shape index (κ2) is 3.17. The van der Waals surface area contributed by atoms with E-state index in [9.17, 15) is 4.39 Å². The summed E-state index contributed by atoms with van der Waals surface area (Å²) in [6.45, 7) is 0. The summed E-state index contributed by atoms with van der Waals surface area (Å²) in [6.07, 6.45) is 0. The summed E-state index contributed by atoms with van der Waals surface area (Å²) in [6, 6.07) is 13.1. The topological polar surface area (TPSA) is 0 Å². The van der Waals surface area contributed by atoms with Gasteiger partial charge in [0.05, 0.1) is 4.83 Å². The van der Waals surface area contributed by atoms with Gasteiger partial charge in [0.15, 0.2) is 0 Å². The molecule has 2 aromatic carbocycles. The predicted molar refractivity (Wildman–Crippen MR) is 62.6 cm³/mol. The van der Waals surface area contributed by atoms with Crippen molar-refractivity contribution in [2.24, 2.45) is 0 Å². The molecule has 74 valence electrons. The zero-order valence-electron chi connectivity index (χ0n) is 7.87. The van der Waals surface area contributed by atoms with E-state index in [0.717, 1.165) is 11.1 Å². The Kier molecular flexibility index (Phi) is 1.93. The number of halogens is 2. The quantitative estimate of drug-likeness (QED) is 0.622. The molecule has 0 spiro atoms. The van der Waals surface area contributed by atoms with Gasteiger partial charge < -0.3 is 0 Å². The van der Waals surface area contributed by atoms with Crippen molar-refractivity contribution < 1.29 is 4.39 Å². The van der Waals surface area contributed by atoms with E-state index in [0.29, 0.717) is 0 Å². The average Bonchev–Trinajstić information content (AvgIpc) is 2.54. The molecule has 0 N–H and O–H groups in total. The largest absolute Gasteiger partial charge is 0.207 e. The van der Waals surface area contributed by atoms with Gasteiger partial charge in [-0.3, -0.25) is 0 Å². The maximum atomic E-state index is 13.1. The van der Waals surface area contributed by atoms with Gasteiger partial charge in [-0.15, -0.1) is 0 Å². The van der Waals surface area contributed by atoms with Gasteiger partial charge >= 0.3 is 0 Å². The summed E-state index contributed by atoms with van der Waals surface area (Å²) < 4.78 is 13.1. The van der Waals surface area contributed by atoms with Crippen LogP contribution < -0.4 is 0 Å². The number of fused-ring (bicyclic) bond motifs is 3. The number of hydrogen-bond donors (Lipinski definition) is 0. The molecule has 0 saturated heterocycles. The van der Waals surface area contributed by atoms with Crippen molar-refractivity contribution in [2.75, 3.05) is 0 Å². The third-order valence-corrected chi connectivity index (χ3v) is 3.80. The Bertz CT molecular complexity index is 534. The van der Waals surface area contributed by atoms with Crippen molar-refractivity contribution >= 4 is 15.9 Å². The lowest BCUT2D eigenvalue weighted by molar-refractivity contribution is 0.626. The molecule has 0 bridgehead atoms. The van der Waals surface area contributed by atoms with E-state index in [4.69, 9.17) is 0 Å². The minimum Gasteiger partial charge on any atom is -0.207 e. The highest BCUT2D eigenvalue weighted by molar-refractivity contribution is 9.09. The molecule has 1 aliphatic rings. The molecule has 2 aromatic rings. The van der Waals surface area contributed by atoms with Crippen LogP contribution in [0.15, 0.2) is 42.5 Å². The Morgan fingerprint density at radius 2 is 1.67 bits per heavy atom. The zero-order valence-corrected chi connectivity index (χ0v) is 9.46. The molecule has 0 unspecified atom stereocenters. The molecular formula is C13H8BrF. The van der Waals surface area contributed by atoms with Gasteiger partial charge in [-0.1, -0.05) is 46.3 Å². The lowest BCUT2D eigenvalue weighted by Gasteiger charge is -2.03. The van der Waals surface area contributed by atoms with Gasteiger partial charge in [-0.2, -0.15) is 0 Å². The zero-order chi connectivity index (χ0) is 10.4. The third-order valence-electron chi connectivity index (χ3n) is 2.81. The van der Waals surface area contributed by atoms with Crippen molar-refractivity contribution in [3.05, 3.63) is 59.4 Å². The van der Waals surface area contributed by atoms with Gasteiger partial charge in [-0.25, -0.2) is 4.39 Å². The Hall–Kier alpha value is -1.15. The number of benzene rings is 2. The van der Waals surface area contributed by atoms with Crippen LogP contribution >= 0.6 is 15.9 Å². The summed E-state index contributed by atoms with van der Waals surface area (Å²) in [5, 5.41) is 0. The van der Waals surface area contributed by atoms with E-state index in [-0.39, 0.29) is 10.6 Å². The first-order valence-corrected chi connectivity index (χ1v) is 5.72.